The molecule has 0 aromatic carbocycles. The fraction of sp³-hybridized carbons (Fsp3) is 0.562. The van der Waals surface area contributed by atoms with E-state index in [1.165, 1.54) is 5.56 Å². The number of nitrogens with one attached hydrogen (secondary N) is 1. The molecule has 0 aliphatic heterocycles. The van der Waals surface area contributed by atoms with Crippen LogP contribution in [0, 0.1) is 0 Å². The molecule has 7 nitrogen and oxygen atoms in total. The predicted octanol–water partition coefficient (Wildman–Crippen LogP) is 1.83. The van der Waals surface area contributed by atoms with Crippen LogP contribution in [0.1, 0.15) is 29.3 Å². The summed E-state index contributed by atoms with van der Waals surface area (Å²) in [6.07, 6.45) is 4.86. The number of methoxy groups -OCH3 is 1. The molecule has 8 heteroatoms. The molecule has 0 saturated heterocycles. The summed E-state index contributed by atoms with van der Waals surface area (Å²) in [5, 5.41) is 10.6. The summed E-state index contributed by atoms with van der Waals surface area (Å²) in [5.41, 5.74) is 2.23. The van der Waals surface area contributed by atoms with Crippen molar-refractivity contribution in [3.8, 4) is 0 Å². The van der Waals surface area contributed by atoms with Gasteiger partial charge in [-0.2, -0.15) is 5.10 Å². The quantitative estimate of drug-likeness (QED) is 0.609. The molecule has 0 amide bonds. The number of guanidine groups is 1. The second kappa shape index (κ2) is 8.79. The lowest BCUT2D eigenvalue weighted by Crippen LogP contribution is -2.39. The molecule has 0 aliphatic rings. The summed E-state index contributed by atoms with van der Waals surface area (Å²) in [7, 11) is 7.43. The van der Waals surface area contributed by atoms with Crippen LogP contribution >= 0.6 is 11.3 Å². The van der Waals surface area contributed by atoms with Crippen LogP contribution in [-0.4, -0.2) is 53.4 Å². The molecule has 1 N–H and O–H groups in total. The van der Waals surface area contributed by atoms with Crippen molar-refractivity contribution in [2.45, 2.75) is 26.0 Å². The summed E-state index contributed by atoms with van der Waals surface area (Å²) in [6, 6.07) is 0. The van der Waals surface area contributed by atoms with Crippen molar-refractivity contribution in [1.29, 1.82) is 0 Å². The van der Waals surface area contributed by atoms with Gasteiger partial charge in [0.05, 0.1) is 18.4 Å². The monoisotopic (exact) mass is 350 g/mol. The van der Waals surface area contributed by atoms with Gasteiger partial charge in [-0.1, -0.05) is 0 Å². The predicted molar refractivity (Wildman–Crippen MR) is 97.3 cm³/mol. The molecular formula is C16H26N6OS. The molecule has 0 spiro atoms. The van der Waals surface area contributed by atoms with E-state index in [9.17, 15) is 0 Å². The molecule has 2 aromatic rings. The third kappa shape index (κ3) is 5.04. The van der Waals surface area contributed by atoms with Gasteiger partial charge in [-0.3, -0.25) is 9.67 Å². The average molecular weight is 350 g/mol. The molecule has 24 heavy (non-hydrogen) atoms. The number of hydrogen-bond donors (Lipinski definition) is 1. The Labute approximate surface area is 147 Å². The maximum absolute atomic E-state index is 5.31. The minimum atomic E-state index is 0.0333. The van der Waals surface area contributed by atoms with E-state index in [0.717, 1.165) is 29.6 Å². The molecule has 0 saturated carbocycles. The fourth-order valence-electron chi connectivity index (χ4n) is 2.31. The molecule has 0 bridgehead atoms. The SMILES string of the molecule is CN=C(NCCc1cnn(C)c1)N(C)Cc1csc(C(C)OC)n1. The Bertz CT molecular complexity index is 665. The van der Waals surface area contributed by atoms with Gasteiger partial charge < -0.3 is 15.0 Å². The molecule has 0 aliphatic carbocycles. The Hall–Kier alpha value is -1.93. The smallest absolute Gasteiger partial charge is 0.193 e. The highest BCUT2D eigenvalue weighted by atomic mass is 32.1. The molecular weight excluding hydrogens is 324 g/mol. The van der Waals surface area contributed by atoms with Gasteiger partial charge in [0.25, 0.3) is 0 Å². The molecule has 132 valence electrons. The lowest BCUT2D eigenvalue weighted by molar-refractivity contribution is 0.119. The lowest BCUT2D eigenvalue weighted by atomic mass is 10.2. The zero-order chi connectivity index (χ0) is 17.5. The first kappa shape index (κ1) is 18.4. The van der Waals surface area contributed by atoms with Crippen LogP contribution in [-0.2, 0) is 24.8 Å². The van der Waals surface area contributed by atoms with Crippen LogP contribution in [0.3, 0.4) is 0 Å². The molecule has 0 fully saturated rings. The highest BCUT2D eigenvalue weighted by Gasteiger charge is 2.12. The van der Waals surface area contributed by atoms with Crippen molar-refractivity contribution < 1.29 is 4.74 Å². The van der Waals surface area contributed by atoms with E-state index in [1.54, 1.807) is 25.5 Å². The second-order valence-corrected chi connectivity index (χ2v) is 6.55. The number of rotatable bonds is 7. The molecule has 1 unspecified atom stereocenters. The van der Waals surface area contributed by atoms with Crippen molar-refractivity contribution in [2.75, 3.05) is 27.7 Å². The van der Waals surface area contributed by atoms with Crippen molar-refractivity contribution in [3.05, 3.63) is 34.0 Å². The van der Waals surface area contributed by atoms with E-state index in [-0.39, 0.29) is 6.10 Å². The Morgan fingerprint density at radius 3 is 2.96 bits per heavy atom. The molecule has 2 heterocycles. The maximum atomic E-state index is 5.31. The number of nitrogens with zero attached hydrogens (tertiary/aromatic N) is 5. The summed E-state index contributed by atoms with van der Waals surface area (Å²) in [6.45, 7) is 3.52. The summed E-state index contributed by atoms with van der Waals surface area (Å²) >= 11 is 1.63. The molecule has 2 aromatic heterocycles. The topological polar surface area (TPSA) is 67.6 Å². The van der Waals surface area contributed by atoms with Crippen LogP contribution < -0.4 is 5.32 Å². The third-order valence-electron chi connectivity index (χ3n) is 3.70. The second-order valence-electron chi connectivity index (χ2n) is 5.66. The first-order valence-electron chi connectivity index (χ1n) is 7.90. The third-order valence-corrected chi connectivity index (χ3v) is 4.75. The van der Waals surface area contributed by atoms with Crippen LogP contribution in [0.2, 0.25) is 0 Å². The number of hydrogen-bond acceptors (Lipinski definition) is 5. The molecule has 0 radical (unpaired) electrons. The number of aryl methyl sites for hydroxylation is 1. The van der Waals surface area contributed by atoms with Gasteiger partial charge in [0.1, 0.15) is 11.1 Å². The number of ether oxygens (including phenoxy) is 1. The zero-order valence-electron chi connectivity index (χ0n) is 15.0. The van der Waals surface area contributed by atoms with E-state index >= 15 is 0 Å². The Kier molecular flexibility index (Phi) is 6.74. The summed E-state index contributed by atoms with van der Waals surface area (Å²) in [4.78, 5) is 11.0. The van der Waals surface area contributed by atoms with Crippen molar-refractivity contribution in [2.24, 2.45) is 12.0 Å². The van der Waals surface area contributed by atoms with Gasteiger partial charge in [-0.05, 0) is 18.9 Å². The Morgan fingerprint density at radius 1 is 1.54 bits per heavy atom. The minimum Gasteiger partial charge on any atom is -0.375 e. The van der Waals surface area contributed by atoms with E-state index in [4.69, 9.17) is 4.74 Å². The van der Waals surface area contributed by atoms with Crippen molar-refractivity contribution >= 4 is 17.3 Å². The standard InChI is InChI=1S/C16H26N6OS/c1-12(23-5)15-20-14(11-24-15)10-21(3)16(17-2)18-7-6-13-8-19-22(4)9-13/h8-9,11-12H,6-7,10H2,1-5H3,(H,17,18). The van der Waals surface area contributed by atoms with Crippen LogP contribution in [0.15, 0.2) is 22.8 Å². The first-order valence-corrected chi connectivity index (χ1v) is 8.77. The fourth-order valence-corrected chi connectivity index (χ4v) is 3.15. The van der Waals surface area contributed by atoms with Gasteiger partial charge in [-0.15, -0.1) is 11.3 Å². The molecule has 1 atom stereocenters. The lowest BCUT2D eigenvalue weighted by Gasteiger charge is -2.21. The van der Waals surface area contributed by atoms with E-state index in [1.807, 2.05) is 38.1 Å². The van der Waals surface area contributed by atoms with E-state index in [0.29, 0.717) is 6.54 Å². The van der Waals surface area contributed by atoms with Crippen molar-refractivity contribution in [3.63, 3.8) is 0 Å². The largest absolute Gasteiger partial charge is 0.375 e. The Morgan fingerprint density at radius 2 is 2.33 bits per heavy atom. The van der Waals surface area contributed by atoms with Crippen molar-refractivity contribution in [1.82, 2.24) is 25.0 Å². The van der Waals surface area contributed by atoms with Crippen LogP contribution in [0.5, 0.6) is 0 Å². The van der Waals surface area contributed by atoms with Gasteiger partial charge in [-0.25, -0.2) is 4.98 Å². The Balaban J connectivity index is 1.84. The van der Waals surface area contributed by atoms with Gasteiger partial charge in [0, 0.05) is 46.4 Å². The zero-order valence-corrected chi connectivity index (χ0v) is 15.8. The van der Waals surface area contributed by atoms with E-state index in [2.05, 4.69) is 30.7 Å². The van der Waals surface area contributed by atoms with Gasteiger partial charge >= 0.3 is 0 Å². The summed E-state index contributed by atoms with van der Waals surface area (Å²) in [5.74, 6) is 0.855. The van der Waals surface area contributed by atoms with E-state index < -0.39 is 0 Å². The highest BCUT2D eigenvalue weighted by molar-refractivity contribution is 7.09. The van der Waals surface area contributed by atoms with Gasteiger partial charge in [0.15, 0.2) is 5.96 Å². The highest BCUT2D eigenvalue weighted by Crippen LogP contribution is 2.20. The number of aromatic nitrogens is 3. The van der Waals surface area contributed by atoms with Crippen LogP contribution in [0.25, 0.3) is 0 Å². The van der Waals surface area contributed by atoms with Crippen LogP contribution in [0.4, 0.5) is 0 Å². The maximum Gasteiger partial charge on any atom is 0.193 e. The normalized spacial score (nSPS) is 13.1. The van der Waals surface area contributed by atoms with Gasteiger partial charge in [0.2, 0.25) is 0 Å². The first-order chi connectivity index (χ1) is 11.5. The number of aliphatic imine (C=N–C) groups is 1. The minimum absolute atomic E-state index is 0.0333. The average Bonchev–Trinajstić information content (AvgIpc) is 3.20. The molecule has 2 rings (SSSR count). The summed E-state index contributed by atoms with van der Waals surface area (Å²) < 4.78 is 7.13. The number of thiazole rings is 1.